The third-order valence-electron chi connectivity index (χ3n) is 3.41. The number of anilines is 1. The standard InChI is InChI=1S/C16H22N2O2/c1-2-20-16(19)14-8-9-15(18-12-14)17-11-10-13-6-4-3-5-7-13/h6,8-9,12H,2-5,7,10-11H2,1H3,(H,17,18). The summed E-state index contributed by atoms with van der Waals surface area (Å²) in [7, 11) is 0. The summed E-state index contributed by atoms with van der Waals surface area (Å²) in [4.78, 5) is 15.7. The smallest absolute Gasteiger partial charge is 0.339 e. The Morgan fingerprint density at radius 2 is 2.30 bits per heavy atom. The van der Waals surface area contributed by atoms with Gasteiger partial charge in [-0.05, 0) is 51.2 Å². The Balaban J connectivity index is 1.78. The van der Waals surface area contributed by atoms with Gasteiger partial charge in [-0.2, -0.15) is 0 Å². The molecule has 1 aromatic rings. The molecule has 4 heteroatoms. The van der Waals surface area contributed by atoms with Gasteiger partial charge in [0.25, 0.3) is 0 Å². The van der Waals surface area contributed by atoms with E-state index in [-0.39, 0.29) is 5.97 Å². The lowest BCUT2D eigenvalue weighted by atomic mass is 9.97. The maximum Gasteiger partial charge on any atom is 0.339 e. The van der Waals surface area contributed by atoms with E-state index < -0.39 is 0 Å². The second-order valence-electron chi connectivity index (χ2n) is 4.94. The molecule has 0 saturated heterocycles. The van der Waals surface area contributed by atoms with Gasteiger partial charge in [0.2, 0.25) is 0 Å². The predicted molar refractivity (Wildman–Crippen MR) is 79.9 cm³/mol. The molecule has 0 radical (unpaired) electrons. The predicted octanol–water partition coefficient (Wildman–Crippen LogP) is 3.56. The van der Waals surface area contributed by atoms with Crippen LogP contribution in [-0.4, -0.2) is 24.1 Å². The van der Waals surface area contributed by atoms with E-state index in [1.54, 1.807) is 24.8 Å². The van der Waals surface area contributed by atoms with Gasteiger partial charge in [-0.15, -0.1) is 0 Å². The number of ether oxygens (including phenoxy) is 1. The molecule has 1 aliphatic carbocycles. The van der Waals surface area contributed by atoms with Gasteiger partial charge in [0.15, 0.2) is 0 Å². The molecule has 0 saturated carbocycles. The molecule has 2 rings (SSSR count). The van der Waals surface area contributed by atoms with Gasteiger partial charge in [-0.3, -0.25) is 0 Å². The monoisotopic (exact) mass is 274 g/mol. The van der Waals surface area contributed by atoms with Crippen molar-refractivity contribution in [3.63, 3.8) is 0 Å². The summed E-state index contributed by atoms with van der Waals surface area (Å²) in [5.74, 6) is 0.480. The lowest BCUT2D eigenvalue weighted by Gasteiger charge is -2.13. The zero-order valence-corrected chi connectivity index (χ0v) is 12.0. The Labute approximate surface area is 120 Å². The summed E-state index contributed by atoms with van der Waals surface area (Å²) < 4.78 is 4.92. The molecular formula is C16H22N2O2. The van der Waals surface area contributed by atoms with Gasteiger partial charge in [0.1, 0.15) is 5.82 Å². The molecular weight excluding hydrogens is 252 g/mol. The molecule has 0 aliphatic heterocycles. The highest BCUT2D eigenvalue weighted by Crippen LogP contribution is 2.19. The molecule has 0 aromatic carbocycles. The van der Waals surface area contributed by atoms with Crippen LogP contribution in [0.25, 0.3) is 0 Å². The van der Waals surface area contributed by atoms with Crippen molar-refractivity contribution in [3.05, 3.63) is 35.5 Å². The fraction of sp³-hybridized carbons (Fsp3) is 0.500. The average Bonchev–Trinajstić information content (AvgIpc) is 2.49. The molecule has 1 heterocycles. The quantitative estimate of drug-likeness (QED) is 0.636. The van der Waals surface area contributed by atoms with Crippen molar-refractivity contribution in [2.45, 2.75) is 39.0 Å². The van der Waals surface area contributed by atoms with Crippen molar-refractivity contribution >= 4 is 11.8 Å². The lowest BCUT2D eigenvalue weighted by Crippen LogP contribution is -2.08. The fourth-order valence-electron chi connectivity index (χ4n) is 2.32. The lowest BCUT2D eigenvalue weighted by molar-refractivity contribution is 0.0526. The van der Waals surface area contributed by atoms with E-state index in [0.717, 1.165) is 18.8 Å². The molecule has 0 amide bonds. The van der Waals surface area contributed by atoms with Crippen LogP contribution in [0, 0.1) is 0 Å². The highest BCUT2D eigenvalue weighted by Gasteiger charge is 2.07. The van der Waals surface area contributed by atoms with Crippen LogP contribution in [0.2, 0.25) is 0 Å². The van der Waals surface area contributed by atoms with Gasteiger partial charge in [-0.1, -0.05) is 11.6 Å². The molecule has 1 aliphatic rings. The second kappa shape index (κ2) is 7.68. The highest BCUT2D eigenvalue weighted by atomic mass is 16.5. The molecule has 4 nitrogen and oxygen atoms in total. The zero-order chi connectivity index (χ0) is 14.2. The normalized spacial score (nSPS) is 14.6. The van der Waals surface area contributed by atoms with Crippen LogP contribution in [0.15, 0.2) is 30.0 Å². The van der Waals surface area contributed by atoms with E-state index in [4.69, 9.17) is 4.74 Å². The van der Waals surface area contributed by atoms with Crippen molar-refractivity contribution in [3.8, 4) is 0 Å². The second-order valence-corrected chi connectivity index (χ2v) is 4.94. The first-order valence-electron chi connectivity index (χ1n) is 7.34. The Morgan fingerprint density at radius 1 is 1.40 bits per heavy atom. The zero-order valence-electron chi connectivity index (χ0n) is 12.0. The summed E-state index contributed by atoms with van der Waals surface area (Å²) >= 11 is 0. The van der Waals surface area contributed by atoms with Crippen LogP contribution in [0.3, 0.4) is 0 Å². The van der Waals surface area contributed by atoms with Crippen LogP contribution < -0.4 is 5.32 Å². The molecule has 0 bridgehead atoms. The van der Waals surface area contributed by atoms with Crippen molar-refractivity contribution in [2.24, 2.45) is 0 Å². The first-order chi connectivity index (χ1) is 9.79. The first kappa shape index (κ1) is 14.6. The SMILES string of the molecule is CCOC(=O)c1ccc(NCCC2=CCCCC2)nc1. The summed E-state index contributed by atoms with van der Waals surface area (Å²) in [5, 5.41) is 3.29. The van der Waals surface area contributed by atoms with Gasteiger partial charge in [0.05, 0.1) is 12.2 Å². The number of nitrogens with one attached hydrogen (secondary N) is 1. The minimum atomic E-state index is -0.320. The Hall–Kier alpha value is -1.84. The maximum absolute atomic E-state index is 11.5. The van der Waals surface area contributed by atoms with Crippen molar-refractivity contribution in [1.29, 1.82) is 0 Å². The number of pyridine rings is 1. The molecule has 0 unspecified atom stereocenters. The number of rotatable bonds is 6. The van der Waals surface area contributed by atoms with Crippen LogP contribution in [-0.2, 0) is 4.74 Å². The summed E-state index contributed by atoms with van der Waals surface area (Å²) in [5.41, 5.74) is 2.04. The van der Waals surface area contributed by atoms with E-state index in [1.165, 1.54) is 25.7 Å². The van der Waals surface area contributed by atoms with E-state index in [0.29, 0.717) is 12.2 Å². The van der Waals surface area contributed by atoms with Crippen molar-refractivity contribution in [1.82, 2.24) is 4.98 Å². The first-order valence-corrected chi connectivity index (χ1v) is 7.34. The van der Waals surface area contributed by atoms with Crippen LogP contribution in [0.1, 0.15) is 49.4 Å². The molecule has 0 fully saturated rings. The fourth-order valence-corrected chi connectivity index (χ4v) is 2.32. The molecule has 20 heavy (non-hydrogen) atoms. The minimum Gasteiger partial charge on any atom is -0.462 e. The van der Waals surface area contributed by atoms with Crippen LogP contribution >= 0.6 is 0 Å². The highest BCUT2D eigenvalue weighted by molar-refractivity contribution is 5.89. The number of hydrogen-bond acceptors (Lipinski definition) is 4. The number of hydrogen-bond donors (Lipinski definition) is 1. The number of nitrogens with zero attached hydrogens (tertiary/aromatic N) is 1. The van der Waals surface area contributed by atoms with E-state index in [1.807, 2.05) is 6.07 Å². The molecule has 0 atom stereocenters. The molecule has 108 valence electrons. The third-order valence-corrected chi connectivity index (χ3v) is 3.41. The van der Waals surface area contributed by atoms with Gasteiger partial charge < -0.3 is 10.1 Å². The maximum atomic E-state index is 11.5. The largest absolute Gasteiger partial charge is 0.462 e. The summed E-state index contributed by atoms with van der Waals surface area (Å²) in [6.45, 7) is 3.06. The van der Waals surface area contributed by atoms with Gasteiger partial charge in [-0.25, -0.2) is 9.78 Å². The van der Waals surface area contributed by atoms with Crippen molar-refractivity contribution < 1.29 is 9.53 Å². The minimum absolute atomic E-state index is 0.320. The number of carbonyl (C=O) groups excluding carboxylic acids is 1. The van der Waals surface area contributed by atoms with Crippen LogP contribution in [0.5, 0.6) is 0 Å². The van der Waals surface area contributed by atoms with Crippen LogP contribution in [0.4, 0.5) is 5.82 Å². The number of aromatic nitrogens is 1. The third kappa shape index (κ3) is 4.37. The van der Waals surface area contributed by atoms with E-state index >= 15 is 0 Å². The topological polar surface area (TPSA) is 51.2 Å². The molecule has 1 N–H and O–H groups in total. The number of carbonyl (C=O) groups is 1. The summed E-state index contributed by atoms with van der Waals surface area (Å²) in [6.07, 6.45) is 10.1. The molecule has 1 aromatic heterocycles. The van der Waals surface area contributed by atoms with Gasteiger partial charge >= 0.3 is 5.97 Å². The Bertz CT molecular complexity index is 466. The van der Waals surface area contributed by atoms with Gasteiger partial charge in [0, 0.05) is 12.7 Å². The summed E-state index contributed by atoms with van der Waals surface area (Å²) in [6, 6.07) is 3.56. The van der Waals surface area contributed by atoms with E-state index in [2.05, 4.69) is 16.4 Å². The average molecular weight is 274 g/mol. The van der Waals surface area contributed by atoms with Crippen molar-refractivity contribution in [2.75, 3.05) is 18.5 Å². The number of allylic oxidation sites excluding steroid dienone is 1. The molecule has 0 spiro atoms. The van der Waals surface area contributed by atoms with E-state index in [9.17, 15) is 4.79 Å². The Morgan fingerprint density at radius 3 is 2.95 bits per heavy atom. The number of esters is 1. The Kier molecular flexibility index (Phi) is 5.59.